The molecule has 1 saturated heterocycles. The van der Waals surface area contributed by atoms with Crippen molar-refractivity contribution < 1.29 is 4.79 Å². The number of amides is 1. The first-order valence-corrected chi connectivity index (χ1v) is 5.55. The standard InChI is InChI=1S/C12H17N3O/c1-9-8-14-12(16)11(7-13)15(9)10-5-3-2-4-6-10/h2-6,9,11H,7-8,13H2,1H3,(H,14,16). The summed E-state index contributed by atoms with van der Waals surface area (Å²) < 4.78 is 0. The maximum atomic E-state index is 11.7. The first-order valence-electron chi connectivity index (χ1n) is 5.55. The Morgan fingerprint density at radius 2 is 2.12 bits per heavy atom. The molecule has 0 aliphatic carbocycles. The Morgan fingerprint density at radius 3 is 2.75 bits per heavy atom. The van der Waals surface area contributed by atoms with Gasteiger partial charge in [0, 0.05) is 24.8 Å². The molecule has 2 atom stereocenters. The Morgan fingerprint density at radius 1 is 1.44 bits per heavy atom. The fourth-order valence-electron chi connectivity index (χ4n) is 2.15. The molecule has 1 aromatic rings. The number of anilines is 1. The number of benzene rings is 1. The van der Waals surface area contributed by atoms with Crippen molar-refractivity contribution in [2.75, 3.05) is 18.0 Å². The molecule has 1 aromatic carbocycles. The summed E-state index contributed by atoms with van der Waals surface area (Å²) in [6.07, 6.45) is 0. The summed E-state index contributed by atoms with van der Waals surface area (Å²) in [5, 5.41) is 2.87. The smallest absolute Gasteiger partial charge is 0.244 e. The molecule has 1 aliphatic rings. The van der Waals surface area contributed by atoms with Gasteiger partial charge in [0.25, 0.3) is 0 Å². The number of rotatable bonds is 2. The van der Waals surface area contributed by atoms with E-state index in [4.69, 9.17) is 5.73 Å². The van der Waals surface area contributed by atoms with E-state index in [-0.39, 0.29) is 18.0 Å². The van der Waals surface area contributed by atoms with Gasteiger partial charge in [-0.05, 0) is 19.1 Å². The lowest BCUT2D eigenvalue weighted by atomic mass is 10.1. The van der Waals surface area contributed by atoms with Crippen LogP contribution in [-0.4, -0.2) is 31.1 Å². The molecule has 1 amide bonds. The predicted molar refractivity (Wildman–Crippen MR) is 64.2 cm³/mol. The molecule has 0 spiro atoms. The largest absolute Gasteiger partial charge is 0.354 e. The number of nitrogens with zero attached hydrogens (tertiary/aromatic N) is 1. The van der Waals surface area contributed by atoms with Gasteiger partial charge in [0.2, 0.25) is 5.91 Å². The summed E-state index contributed by atoms with van der Waals surface area (Å²) in [6, 6.07) is 9.95. The average molecular weight is 219 g/mol. The molecule has 0 aromatic heterocycles. The fourth-order valence-corrected chi connectivity index (χ4v) is 2.15. The quantitative estimate of drug-likeness (QED) is 0.754. The molecule has 3 N–H and O–H groups in total. The van der Waals surface area contributed by atoms with Crippen LogP contribution in [0.5, 0.6) is 0 Å². The lowest BCUT2D eigenvalue weighted by Gasteiger charge is -2.41. The highest BCUT2D eigenvalue weighted by Crippen LogP contribution is 2.21. The van der Waals surface area contributed by atoms with Crippen LogP contribution in [0.15, 0.2) is 30.3 Å². The van der Waals surface area contributed by atoms with E-state index in [1.54, 1.807) is 0 Å². The van der Waals surface area contributed by atoms with E-state index in [1.807, 2.05) is 30.3 Å². The van der Waals surface area contributed by atoms with E-state index in [2.05, 4.69) is 17.1 Å². The molecule has 2 rings (SSSR count). The van der Waals surface area contributed by atoms with Crippen LogP contribution in [-0.2, 0) is 4.79 Å². The van der Waals surface area contributed by atoms with Gasteiger partial charge >= 0.3 is 0 Å². The summed E-state index contributed by atoms with van der Waals surface area (Å²) in [5.41, 5.74) is 6.74. The van der Waals surface area contributed by atoms with Crippen LogP contribution in [0.4, 0.5) is 5.69 Å². The number of para-hydroxylation sites is 1. The first-order chi connectivity index (χ1) is 7.74. The van der Waals surface area contributed by atoms with Crippen molar-refractivity contribution in [3.63, 3.8) is 0 Å². The second kappa shape index (κ2) is 4.53. The topological polar surface area (TPSA) is 58.4 Å². The zero-order valence-corrected chi connectivity index (χ0v) is 9.39. The molecule has 4 nitrogen and oxygen atoms in total. The van der Waals surface area contributed by atoms with Crippen molar-refractivity contribution in [1.29, 1.82) is 0 Å². The molecule has 1 fully saturated rings. The number of nitrogens with two attached hydrogens (primary N) is 1. The van der Waals surface area contributed by atoms with E-state index < -0.39 is 0 Å². The third-order valence-electron chi connectivity index (χ3n) is 2.96. The van der Waals surface area contributed by atoms with Gasteiger partial charge in [0.1, 0.15) is 6.04 Å². The molecule has 1 aliphatic heterocycles. The van der Waals surface area contributed by atoms with Gasteiger partial charge in [-0.1, -0.05) is 18.2 Å². The molecule has 0 saturated carbocycles. The minimum absolute atomic E-state index is 0.0180. The molecule has 1 heterocycles. The number of carbonyl (C=O) groups excluding carboxylic acids is 1. The van der Waals surface area contributed by atoms with E-state index in [1.165, 1.54) is 0 Å². The molecule has 0 radical (unpaired) electrons. The maximum Gasteiger partial charge on any atom is 0.244 e. The monoisotopic (exact) mass is 219 g/mol. The number of nitrogens with one attached hydrogen (secondary N) is 1. The van der Waals surface area contributed by atoms with E-state index >= 15 is 0 Å². The molecular weight excluding hydrogens is 202 g/mol. The van der Waals surface area contributed by atoms with Crippen LogP contribution >= 0.6 is 0 Å². The van der Waals surface area contributed by atoms with Gasteiger partial charge in [-0.25, -0.2) is 0 Å². The highest BCUT2D eigenvalue weighted by Gasteiger charge is 2.32. The molecule has 0 bridgehead atoms. The SMILES string of the molecule is CC1CNC(=O)C(CN)N1c1ccccc1. The Kier molecular flexibility index (Phi) is 3.10. The van der Waals surface area contributed by atoms with E-state index in [0.29, 0.717) is 13.1 Å². The average Bonchev–Trinajstić information content (AvgIpc) is 2.33. The van der Waals surface area contributed by atoms with Crippen LogP contribution in [0.25, 0.3) is 0 Å². The van der Waals surface area contributed by atoms with E-state index in [0.717, 1.165) is 5.69 Å². The summed E-state index contributed by atoms with van der Waals surface area (Å²) >= 11 is 0. The van der Waals surface area contributed by atoms with Crippen molar-refractivity contribution >= 4 is 11.6 Å². The lowest BCUT2D eigenvalue weighted by Crippen LogP contribution is -2.62. The number of hydrogen-bond acceptors (Lipinski definition) is 3. The van der Waals surface area contributed by atoms with Crippen molar-refractivity contribution in [2.24, 2.45) is 5.73 Å². The summed E-state index contributed by atoms with van der Waals surface area (Å²) in [7, 11) is 0. The van der Waals surface area contributed by atoms with Gasteiger partial charge in [0.05, 0.1) is 0 Å². The summed E-state index contributed by atoms with van der Waals surface area (Å²) in [6.45, 7) is 3.10. The van der Waals surface area contributed by atoms with Crippen molar-refractivity contribution in [3.05, 3.63) is 30.3 Å². The Balaban J connectivity index is 2.31. The van der Waals surface area contributed by atoms with Crippen LogP contribution in [0.2, 0.25) is 0 Å². The van der Waals surface area contributed by atoms with Crippen molar-refractivity contribution in [3.8, 4) is 0 Å². The molecule has 4 heteroatoms. The van der Waals surface area contributed by atoms with Crippen molar-refractivity contribution in [2.45, 2.75) is 19.0 Å². The molecule has 16 heavy (non-hydrogen) atoms. The minimum Gasteiger partial charge on any atom is -0.354 e. The number of hydrogen-bond donors (Lipinski definition) is 2. The first kappa shape index (κ1) is 11.0. The van der Waals surface area contributed by atoms with Gasteiger partial charge in [-0.2, -0.15) is 0 Å². The third-order valence-corrected chi connectivity index (χ3v) is 2.96. The maximum absolute atomic E-state index is 11.7. The normalized spacial score (nSPS) is 25.4. The Hall–Kier alpha value is -1.55. The second-order valence-electron chi connectivity index (χ2n) is 4.09. The predicted octanol–water partition coefficient (Wildman–Crippen LogP) is 0.339. The zero-order chi connectivity index (χ0) is 11.5. The van der Waals surface area contributed by atoms with Crippen LogP contribution < -0.4 is 16.0 Å². The van der Waals surface area contributed by atoms with Crippen LogP contribution in [0.3, 0.4) is 0 Å². The van der Waals surface area contributed by atoms with E-state index in [9.17, 15) is 4.79 Å². The highest BCUT2D eigenvalue weighted by molar-refractivity contribution is 5.87. The summed E-state index contributed by atoms with van der Waals surface area (Å²) in [5.74, 6) is 0.0180. The molecule has 86 valence electrons. The fraction of sp³-hybridized carbons (Fsp3) is 0.417. The molecule has 2 unspecified atom stereocenters. The van der Waals surface area contributed by atoms with Gasteiger partial charge in [-0.3, -0.25) is 4.79 Å². The highest BCUT2D eigenvalue weighted by atomic mass is 16.2. The number of carbonyl (C=O) groups is 1. The zero-order valence-electron chi connectivity index (χ0n) is 9.39. The van der Waals surface area contributed by atoms with Gasteiger partial charge < -0.3 is 16.0 Å². The van der Waals surface area contributed by atoms with Crippen LogP contribution in [0.1, 0.15) is 6.92 Å². The Labute approximate surface area is 95.4 Å². The van der Waals surface area contributed by atoms with Gasteiger partial charge in [0.15, 0.2) is 0 Å². The minimum atomic E-state index is -0.258. The van der Waals surface area contributed by atoms with Crippen molar-refractivity contribution in [1.82, 2.24) is 5.32 Å². The lowest BCUT2D eigenvalue weighted by molar-refractivity contribution is -0.123. The Bertz CT molecular complexity index is 366. The third kappa shape index (κ3) is 1.88. The van der Waals surface area contributed by atoms with Gasteiger partial charge in [-0.15, -0.1) is 0 Å². The number of piperazine rings is 1. The molecular formula is C12H17N3O. The summed E-state index contributed by atoms with van der Waals surface area (Å²) in [4.78, 5) is 13.8. The van der Waals surface area contributed by atoms with Crippen LogP contribution in [0, 0.1) is 0 Å². The second-order valence-corrected chi connectivity index (χ2v) is 4.09.